The Bertz CT molecular complexity index is 245. The number of carbonyl (C=O) groups excluding carboxylic acids is 2. The maximum Gasteiger partial charge on any atom is 0.347 e. The first-order chi connectivity index (χ1) is 6.51. The Morgan fingerprint density at radius 1 is 1.21 bits per heavy atom. The van der Waals surface area contributed by atoms with E-state index in [4.69, 9.17) is 4.74 Å². The highest BCUT2D eigenvalue weighted by Gasteiger charge is 2.19. The van der Waals surface area contributed by atoms with Gasteiger partial charge in [-0.2, -0.15) is 0 Å². The smallest absolute Gasteiger partial charge is 0.347 e. The van der Waals surface area contributed by atoms with Crippen LogP contribution >= 0.6 is 0 Å². The summed E-state index contributed by atoms with van der Waals surface area (Å²) in [6, 6.07) is 0. The van der Waals surface area contributed by atoms with Gasteiger partial charge in [0.25, 0.3) is 0 Å². The second-order valence-corrected chi connectivity index (χ2v) is 2.66. The van der Waals surface area contributed by atoms with E-state index in [1.54, 1.807) is 6.92 Å². The van der Waals surface area contributed by atoms with Gasteiger partial charge in [-0.25, -0.2) is 9.59 Å². The van der Waals surface area contributed by atoms with E-state index in [0.717, 1.165) is 6.08 Å². The van der Waals surface area contributed by atoms with Crippen molar-refractivity contribution in [1.82, 2.24) is 0 Å². The predicted molar refractivity (Wildman–Crippen MR) is 51.5 cm³/mol. The molecule has 0 fully saturated rings. The minimum absolute atomic E-state index is 0.396. The highest BCUT2D eigenvalue weighted by molar-refractivity contribution is 5.85. The van der Waals surface area contributed by atoms with Gasteiger partial charge in [-0.05, 0) is 13.8 Å². The summed E-state index contributed by atoms with van der Waals surface area (Å²) in [5.41, 5.74) is 0. The van der Waals surface area contributed by atoms with Crippen LogP contribution in [0.4, 0.5) is 0 Å². The minimum Gasteiger partial charge on any atom is -0.456 e. The molecule has 0 amide bonds. The van der Waals surface area contributed by atoms with E-state index in [2.05, 4.69) is 17.9 Å². The van der Waals surface area contributed by atoms with Crippen molar-refractivity contribution in [2.75, 3.05) is 0 Å². The highest BCUT2D eigenvalue weighted by Crippen LogP contribution is 2.00. The van der Waals surface area contributed by atoms with Gasteiger partial charge in [-0.3, -0.25) is 0 Å². The molecule has 0 saturated heterocycles. The lowest BCUT2D eigenvalue weighted by Crippen LogP contribution is -2.27. The second kappa shape index (κ2) is 5.96. The van der Waals surface area contributed by atoms with Crippen LogP contribution in [-0.2, 0) is 19.1 Å². The molecule has 0 heterocycles. The Balaban J connectivity index is 4.05. The quantitative estimate of drug-likeness (QED) is 0.378. The Morgan fingerprint density at radius 2 is 1.79 bits per heavy atom. The standard InChI is InChI=1S/C10H14O4/c1-5-7(3)13-10(12)8(4)14-9(11)6-2/h5-8H,1-2H2,3-4H3. The molecule has 0 N–H and O–H groups in total. The zero-order chi connectivity index (χ0) is 11.1. The van der Waals surface area contributed by atoms with Crippen LogP contribution in [0.3, 0.4) is 0 Å². The largest absolute Gasteiger partial charge is 0.456 e. The van der Waals surface area contributed by atoms with E-state index >= 15 is 0 Å². The van der Waals surface area contributed by atoms with Gasteiger partial charge in [0.1, 0.15) is 6.10 Å². The molecule has 0 aliphatic heterocycles. The van der Waals surface area contributed by atoms with Crippen LogP contribution in [0.5, 0.6) is 0 Å². The SMILES string of the molecule is C=CC(=O)OC(C)C(=O)OC(C)C=C. The van der Waals surface area contributed by atoms with E-state index < -0.39 is 24.1 Å². The third kappa shape index (κ3) is 4.45. The molecule has 2 unspecified atom stereocenters. The summed E-state index contributed by atoms with van der Waals surface area (Å²) in [5.74, 6) is -1.26. The highest BCUT2D eigenvalue weighted by atomic mass is 16.6. The Kier molecular flexibility index (Phi) is 5.29. The fraction of sp³-hybridized carbons (Fsp3) is 0.400. The summed E-state index contributed by atoms with van der Waals surface area (Å²) in [6.45, 7) is 9.75. The Hall–Kier alpha value is -1.58. The molecule has 4 heteroatoms. The van der Waals surface area contributed by atoms with Crippen molar-refractivity contribution in [1.29, 1.82) is 0 Å². The van der Waals surface area contributed by atoms with Crippen molar-refractivity contribution >= 4 is 11.9 Å². The Labute approximate surface area is 83.2 Å². The first-order valence-electron chi connectivity index (χ1n) is 4.17. The predicted octanol–water partition coefficient (Wildman–Crippen LogP) is 1.22. The molecule has 78 valence electrons. The summed E-state index contributed by atoms with van der Waals surface area (Å²) in [7, 11) is 0. The van der Waals surface area contributed by atoms with Crippen LogP contribution in [0.2, 0.25) is 0 Å². The third-order valence-electron chi connectivity index (χ3n) is 1.43. The van der Waals surface area contributed by atoms with Gasteiger partial charge in [0.2, 0.25) is 0 Å². The number of hydrogen-bond acceptors (Lipinski definition) is 4. The number of rotatable bonds is 5. The van der Waals surface area contributed by atoms with Crippen LogP contribution in [0.25, 0.3) is 0 Å². The average Bonchev–Trinajstić information content (AvgIpc) is 2.17. The summed E-state index contributed by atoms with van der Waals surface area (Å²) in [5, 5.41) is 0. The molecule has 0 aromatic carbocycles. The van der Waals surface area contributed by atoms with Gasteiger partial charge in [0.05, 0.1) is 0 Å². The van der Waals surface area contributed by atoms with Crippen molar-refractivity contribution in [3.8, 4) is 0 Å². The third-order valence-corrected chi connectivity index (χ3v) is 1.43. The lowest BCUT2D eigenvalue weighted by Gasteiger charge is -2.13. The van der Waals surface area contributed by atoms with Gasteiger partial charge < -0.3 is 9.47 Å². The molecule has 0 aliphatic carbocycles. The summed E-state index contributed by atoms with van der Waals surface area (Å²) in [6.07, 6.45) is 1.14. The zero-order valence-electron chi connectivity index (χ0n) is 8.36. The second-order valence-electron chi connectivity index (χ2n) is 2.66. The van der Waals surface area contributed by atoms with Crippen molar-refractivity contribution in [2.24, 2.45) is 0 Å². The molecule has 0 saturated carbocycles. The first-order valence-corrected chi connectivity index (χ1v) is 4.17. The fourth-order valence-corrected chi connectivity index (χ4v) is 0.598. The number of carbonyl (C=O) groups is 2. The van der Waals surface area contributed by atoms with Gasteiger partial charge >= 0.3 is 11.9 Å². The van der Waals surface area contributed by atoms with Crippen molar-refractivity contribution in [3.63, 3.8) is 0 Å². The summed E-state index contributed by atoms with van der Waals surface area (Å²) >= 11 is 0. The van der Waals surface area contributed by atoms with Gasteiger partial charge in [-0.1, -0.05) is 19.2 Å². The van der Waals surface area contributed by atoms with Crippen molar-refractivity contribution < 1.29 is 19.1 Å². The summed E-state index contributed by atoms with van der Waals surface area (Å²) < 4.78 is 9.48. The number of esters is 2. The average molecular weight is 198 g/mol. The maximum atomic E-state index is 11.2. The van der Waals surface area contributed by atoms with E-state index in [9.17, 15) is 9.59 Å². The van der Waals surface area contributed by atoms with E-state index in [-0.39, 0.29) is 0 Å². The zero-order valence-corrected chi connectivity index (χ0v) is 8.36. The molecule has 0 radical (unpaired) electrons. The van der Waals surface area contributed by atoms with E-state index in [1.165, 1.54) is 13.0 Å². The molecule has 0 aliphatic rings. The van der Waals surface area contributed by atoms with Crippen molar-refractivity contribution in [2.45, 2.75) is 26.1 Å². The monoisotopic (exact) mass is 198 g/mol. The molecule has 0 spiro atoms. The van der Waals surface area contributed by atoms with Crippen molar-refractivity contribution in [3.05, 3.63) is 25.3 Å². The molecule has 0 rings (SSSR count). The van der Waals surface area contributed by atoms with Crippen LogP contribution in [0.15, 0.2) is 25.3 Å². The van der Waals surface area contributed by atoms with Crippen LogP contribution in [0, 0.1) is 0 Å². The molecule has 0 aromatic rings. The molecule has 0 aromatic heterocycles. The lowest BCUT2D eigenvalue weighted by atomic mass is 10.3. The molecular weight excluding hydrogens is 184 g/mol. The number of ether oxygens (including phenoxy) is 2. The Morgan fingerprint density at radius 3 is 2.21 bits per heavy atom. The van der Waals surface area contributed by atoms with Gasteiger partial charge in [-0.15, -0.1) is 0 Å². The van der Waals surface area contributed by atoms with Crippen LogP contribution in [0.1, 0.15) is 13.8 Å². The molecule has 4 nitrogen and oxygen atoms in total. The van der Waals surface area contributed by atoms with E-state index in [1.807, 2.05) is 0 Å². The summed E-state index contributed by atoms with van der Waals surface area (Å²) in [4.78, 5) is 21.9. The van der Waals surface area contributed by atoms with Gasteiger partial charge in [0, 0.05) is 6.08 Å². The number of hydrogen-bond donors (Lipinski definition) is 0. The maximum absolute atomic E-state index is 11.2. The lowest BCUT2D eigenvalue weighted by molar-refractivity contribution is -0.165. The van der Waals surface area contributed by atoms with E-state index in [0.29, 0.717) is 0 Å². The van der Waals surface area contributed by atoms with Crippen LogP contribution < -0.4 is 0 Å². The molecule has 0 bridgehead atoms. The molecule has 2 atom stereocenters. The normalized spacial score (nSPS) is 13.6. The first kappa shape index (κ1) is 12.4. The van der Waals surface area contributed by atoms with Gasteiger partial charge in [0.15, 0.2) is 6.10 Å². The molecular formula is C10H14O4. The fourth-order valence-electron chi connectivity index (χ4n) is 0.598. The molecule has 14 heavy (non-hydrogen) atoms. The minimum atomic E-state index is -0.928. The van der Waals surface area contributed by atoms with Crippen LogP contribution in [-0.4, -0.2) is 24.1 Å². The topological polar surface area (TPSA) is 52.6 Å².